The maximum absolute atomic E-state index is 3.73. The molecule has 0 nitrogen and oxygen atoms in total. The number of hydrogen-bond donors (Lipinski definition) is 0. The fourth-order valence-electron chi connectivity index (χ4n) is 2.85. The lowest BCUT2D eigenvalue weighted by atomic mass is 9.89. The van der Waals surface area contributed by atoms with Crippen LogP contribution in [0.4, 0.5) is 0 Å². The molecule has 1 atom stereocenters. The van der Waals surface area contributed by atoms with E-state index in [2.05, 4.69) is 76.4 Å². The SMILES string of the molecule is C=C=Cc1cc(C)c(C)cc1CC(C)c1ccc(CC)cc1. The minimum absolute atomic E-state index is 0.505. The van der Waals surface area contributed by atoms with Crippen molar-refractivity contribution in [3.05, 3.63) is 82.1 Å². The van der Waals surface area contributed by atoms with E-state index < -0.39 is 0 Å². The fourth-order valence-corrected chi connectivity index (χ4v) is 2.85. The van der Waals surface area contributed by atoms with Crippen LogP contribution in [0.1, 0.15) is 53.1 Å². The first-order valence-corrected chi connectivity index (χ1v) is 8.10. The number of hydrogen-bond acceptors (Lipinski definition) is 0. The van der Waals surface area contributed by atoms with E-state index in [-0.39, 0.29) is 0 Å². The van der Waals surface area contributed by atoms with Crippen LogP contribution in [0.25, 0.3) is 6.08 Å². The van der Waals surface area contributed by atoms with E-state index >= 15 is 0 Å². The molecule has 0 bridgehead atoms. The molecule has 0 heterocycles. The van der Waals surface area contributed by atoms with Gasteiger partial charge in [0.1, 0.15) is 0 Å². The molecule has 0 heteroatoms. The Bertz CT molecular complexity index is 683. The highest BCUT2D eigenvalue weighted by atomic mass is 14.1. The summed E-state index contributed by atoms with van der Waals surface area (Å²) in [5, 5.41) is 0. The summed E-state index contributed by atoms with van der Waals surface area (Å²) in [6.07, 6.45) is 4.13. The van der Waals surface area contributed by atoms with Gasteiger partial charge in [-0.3, -0.25) is 0 Å². The number of rotatable bonds is 5. The second-order valence-corrected chi connectivity index (χ2v) is 6.18. The summed E-state index contributed by atoms with van der Waals surface area (Å²) in [6.45, 7) is 12.6. The first-order chi connectivity index (χ1) is 10.5. The molecule has 0 aliphatic rings. The van der Waals surface area contributed by atoms with Crippen LogP contribution in [-0.4, -0.2) is 0 Å². The highest BCUT2D eigenvalue weighted by Crippen LogP contribution is 2.25. The maximum atomic E-state index is 3.73. The maximum Gasteiger partial charge on any atom is -0.0131 e. The molecule has 22 heavy (non-hydrogen) atoms. The van der Waals surface area contributed by atoms with Crippen molar-refractivity contribution in [2.75, 3.05) is 0 Å². The zero-order valence-electron chi connectivity index (χ0n) is 14.2. The van der Waals surface area contributed by atoms with E-state index in [1.165, 1.54) is 33.4 Å². The highest BCUT2D eigenvalue weighted by Gasteiger charge is 2.10. The van der Waals surface area contributed by atoms with E-state index in [0.717, 1.165) is 12.8 Å². The van der Waals surface area contributed by atoms with Crippen LogP contribution in [0.2, 0.25) is 0 Å². The van der Waals surface area contributed by atoms with Crippen molar-refractivity contribution in [2.45, 2.75) is 46.5 Å². The monoisotopic (exact) mass is 290 g/mol. The molecule has 114 valence electrons. The van der Waals surface area contributed by atoms with E-state index in [4.69, 9.17) is 0 Å². The number of benzene rings is 2. The van der Waals surface area contributed by atoms with Gasteiger partial charge in [0, 0.05) is 0 Å². The molecule has 0 saturated heterocycles. The quantitative estimate of drug-likeness (QED) is 0.591. The lowest BCUT2D eigenvalue weighted by molar-refractivity contribution is 0.756. The fraction of sp³-hybridized carbons (Fsp3) is 0.318. The van der Waals surface area contributed by atoms with Crippen molar-refractivity contribution >= 4 is 6.08 Å². The van der Waals surface area contributed by atoms with Gasteiger partial charge in [0.05, 0.1) is 0 Å². The van der Waals surface area contributed by atoms with E-state index in [9.17, 15) is 0 Å². The Balaban J connectivity index is 2.28. The first-order valence-electron chi connectivity index (χ1n) is 8.10. The molecular formula is C22H26. The van der Waals surface area contributed by atoms with Crippen LogP contribution in [-0.2, 0) is 12.8 Å². The van der Waals surface area contributed by atoms with Crippen molar-refractivity contribution in [3.63, 3.8) is 0 Å². The van der Waals surface area contributed by atoms with Crippen LogP contribution in [0, 0.1) is 13.8 Å². The molecule has 2 aromatic rings. The molecule has 2 aromatic carbocycles. The molecule has 0 radical (unpaired) electrons. The summed E-state index contributed by atoms with van der Waals surface area (Å²) in [6, 6.07) is 13.6. The molecule has 0 saturated carbocycles. The van der Waals surface area contributed by atoms with Gasteiger partial charge in [-0.25, -0.2) is 0 Å². The average molecular weight is 290 g/mol. The Morgan fingerprint density at radius 2 is 1.73 bits per heavy atom. The second kappa shape index (κ2) is 7.29. The molecule has 0 fully saturated rings. The summed E-state index contributed by atoms with van der Waals surface area (Å²) in [5.41, 5.74) is 11.0. The molecule has 1 unspecified atom stereocenters. The Labute approximate surface area is 135 Å². The van der Waals surface area contributed by atoms with Crippen molar-refractivity contribution in [3.8, 4) is 0 Å². The Morgan fingerprint density at radius 1 is 1.09 bits per heavy atom. The van der Waals surface area contributed by atoms with Crippen molar-refractivity contribution in [2.24, 2.45) is 0 Å². The molecule has 0 aliphatic heterocycles. The minimum atomic E-state index is 0.505. The zero-order chi connectivity index (χ0) is 16.1. The Morgan fingerprint density at radius 3 is 2.32 bits per heavy atom. The lowest BCUT2D eigenvalue weighted by Crippen LogP contribution is -2.02. The normalized spacial score (nSPS) is 11.8. The summed E-state index contributed by atoms with van der Waals surface area (Å²) >= 11 is 0. The summed E-state index contributed by atoms with van der Waals surface area (Å²) < 4.78 is 0. The van der Waals surface area contributed by atoms with Gasteiger partial charge in [-0.15, -0.1) is 5.73 Å². The van der Waals surface area contributed by atoms with E-state index in [0.29, 0.717) is 5.92 Å². The molecule has 0 aliphatic carbocycles. The van der Waals surface area contributed by atoms with Gasteiger partial charge in [0.25, 0.3) is 0 Å². The molecule has 2 rings (SSSR count). The third-order valence-electron chi connectivity index (χ3n) is 4.50. The first kappa shape index (κ1) is 16.3. The average Bonchev–Trinajstić information content (AvgIpc) is 2.52. The minimum Gasteiger partial charge on any atom is -0.128 e. The summed E-state index contributed by atoms with van der Waals surface area (Å²) in [5.74, 6) is 0.505. The molecule has 0 N–H and O–H groups in total. The highest BCUT2D eigenvalue weighted by molar-refractivity contribution is 5.56. The third-order valence-corrected chi connectivity index (χ3v) is 4.50. The predicted octanol–water partition coefficient (Wildman–Crippen LogP) is 6.01. The molecular weight excluding hydrogens is 264 g/mol. The Kier molecular flexibility index (Phi) is 5.41. The molecule has 0 spiro atoms. The van der Waals surface area contributed by atoms with Gasteiger partial charge in [0.15, 0.2) is 0 Å². The van der Waals surface area contributed by atoms with Crippen LogP contribution in [0.5, 0.6) is 0 Å². The topological polar surface area (TPSA) is 0 Å². The largest absolute Gasteiger partial charge is 0.128 e. The summed E-state index contributed by atoms with van der Waals surface area (Å²) in [7, 11) is 0. The lowest BCUT2D eigenvalue weighted by Gasteiger charge is -2.16. The molecule has 0 aromatic heterocycles. The standard InChI is InChI=1S/C22H26/c1-6-8-21-13-16(3)17(4)14-22(21)15-18(5)20-11-9-19(7-2)10-12-20/h8-14,18H,1,7,15H2,2-5H3. The van der Waals surface area contributed by atoms with Crippen molar-refractivity contribution in [1.82, 2.24) is 0 Å². The van der Waals surface area contributed by atoms with Gasteiger partial charge in [-0.2, -0.15) is 0 Å². The van der Waals surface area contributed by atoms with Crippen LogP contribution in [0.3, 0.4) is 0 Å². The van der Waals surface area contributed by atoms with E-state index in [1.807, 2.05) is 6.08 Å². The van der Waals surface area contributed by atoms with Gasteiger partial charge in [0.2, 0.25) is 0 Å². The van der Waals surface area contributed by atoms with Gasteiger partial charge < -0.3 is 0 Å². The van der Waals surface area contributed by atoms with E-state index in [1.54, 1.807) is 0 Å². The van der Waals surface area contributed by atoms with Crippen LogP contribution in [0.15, 0.2) is 48.7 Å². The Hall–Kier alpha value is -2.04. The molecule has 0 amide bonds. The summed E-state index contributed by atoms with van der Waals surface area (Å²) in [4.78, 5) is 0. The van der Waals surface area contributed by atoms with Gasteiger partial charge in [-0.05, 0) is 72.1 Å². The van der Waals surface area contributed by atoms with Crippen LogP contribution >= 0.6 is 0 Å². The van der Waals surface area contributed by atoms with Crippen molar-refractivity contribution in [1.29, 1.82) is 0 Å². The third kappa shape index (κ3) is 3.78. The smallest absolute Gasteiger partial charge is 0.0131 e. The van der Waals surface area contributed by atoms with Gasteiger partial charge in [-0.1, -0.05) is 56.8 Å². The zero-order valence-corrected chi connectivity index (χ0v) is 14.2. The van der Waals surface area contributed by atoms with Gasteiger partial charge >= 0.3 is 0 Å². The van der Waals surface area contributed by atoms with Crippen molar-refractivity contribution < 1.29 is 0 Å². The predicted molar refractivity (Wildman–Crippen MR) is 97.5 cm³/mol. The number of aryl methyl sites for hydroxylation is 3. The van der Waals surface area contributed by atoms with Crippen LogP contribution < -0.4 is 0 Å². The second-order valence-electron chi connectivity index (χ2n) is 6.18.